The molecule has 0 unspecified atom stereocenters. The van der Waals surface area contributed by atoms with Gasteiger partial charge in [-0.05, 0) is 13.0 Å². The molecule has 0 radical (unpaired) electrons. The molecule has 17 heavy (non-hydrogen) atoms. The van der Waals surface area contributed by atoms with E-state index < -0.39 is 33.5 Å². The molecule has 0 heterocycles. The first kappa shape index (κ1) is 12.8. The molecule has 1 aromatic rings. The van der Waals surface area contributed by atoms with Gasteiger partial charge in [0.2, 0.25) is 6.54 Å². The van der Waals surface area contributed by atoms with Crippen molar-refractivity contribution < 1.29 is 19.0 Å². The maximum atomic E-state index is 13.7. The van der Waals surface area contributed by atoms with Crippen molar-refractivity contribution >= 4 is 5.69 Å². The highest BCUT2D eigenvalue weighted by Gasteiger charge is 2.25. The first-order valence-electron chi connectivity index (χ1n) is 4.67. The molecule has 7 nitrogen and oxygen atoms in total. The first-order chi connectivity index (χ1) is 7.97. The summed E-state index contributed by atoms with van der Waals surface area (Å²) >= 11 is 0. The number of nitro benzene ring substituents is 1. The van der Waals surface area contributed by atoms with Crippen LogP contribution >= 0.6 is 0 Å². The Hall–Kier alpha value is -2.25. The summed E-state index contributed by atoms with van der Waals surface area (Å²) < 4.78 is 18.6. The fraction of sp³-hybridized carbons (Fsp3) is 0.333. The maximum absolute atomic E-state index is 13.7. The highest BCUT2D eigenvalue weighted by atomic mass is 19.1. The molecule has 92 valence electrons. The van der Waals surface area contributed by atoms with Gasteiger partial charge in [-0.3, -0.25) is 20.2 Å². The van der Waals surface area contributed by atoms with Crippen LogP contribution < -0.4 is 4.74 Å². The zero-order valence-electron chi connectivity index (χ0n) is 8.88. The third kappa shape index (κ3) is 2.86. The molecule has 1 rings (SSSR count). The smallest absolute Gasteiger partial charge is 0.282 e. The Morgan fingerprint density at radius 1 is 1.35 bits per heavy atom. The van der Waals surface area contributed by atoms with Gasteiger partial charge in [-0.15, -0.1) is 0 Å². The van der Waals surface area contributed by atoms with Gasteiger partial charge >= 0.3 is 0 Å². The molecule has 0 atom stereocenters. The molecule has 0 spiro atoms. The lowest BCUT2D eigenvalue weighted by atomic mass is 10.1. The van der Waals surface area contributed by atoms with Crippen molar-refractivity contribution in [2.75, 3.05) is 6.61 Å². The van der Waals surface area contributed by atoms with E-state index in [1.165, 1.54) is 0 Å². The average molecular weight is 244 g/mol. The molecule has 0 aliphatic carbocycles. The minimum atomic E-state index is -1.06. The van der Waals surface area contributed by atoms with E-state index in [0.717, 1.165) is 12.1 Å². The lowest BCUT2D eigenvalue weighted by molar-refractivity contribution is -0.499. The standard InChI is InChI=1S/C9H9FN2O5/c1-2-17-8-4-3-7(12(15)16)6(9(8)10)5-11(13)14/h3-4H,2,5H2,1H3. The second-order valence-electron chi connectivity index (χ2n) is 3.06. The molecular formula is C9H9FN2O5. The van der Waals surface area contributed by atoms with E-state index in [4.69, 9.17) is 4.74 Å². The molecule has 0 aliphatic rings. The van der Waals surface area contributed by atoms with Gasteiger partial charge in [0.25, 0.3) is 5.69 Å². The number of nitro groups is 2. The molecule has 0 N–H and O–H groups in total. The fourth-order valence-electron chi connectivity index (χ4n) is 1.31. The van der Waals surface area contributed by atoms with Crippen molar-refractivity contribution in [2.45, 2.75) is 13.5 Å². The lowest BCUT2D eigenvalue weighted by Gasteiger charge is -2.07. The van der Waals surface area contributed by atoms with E-state index in [2.05, 4.69) is 0 Å². The van der Waals surface area contributed by atoms with Gasteiger partial charge in [0.1, 0.15) is 5.56 Å². The van der Waals surface area contributed by atoms with E-state index in [1.807, 2.05) is 0 Å². The molecule has 0 saturated heterocycles. The zero-order valence-corrected chi connectivity index (χ0v) is 8.88. The monoisotopic (exact) mass is 244 g/mol. The number of ether oxygens (including phenoxy) is 1. The van der Waals surface area contributed by atoms with Crippen LogP contribution in [0.1, 0.15) is 12.5 Å². The van der Waals surface area contributed by atoms with Crippen molar-refractivity contribution in [1.82, 2.24) is 0 Å². The summed E-state index contributed by atoms with van der Waals surface area (Å²) in [6.45, 7) is 0.809. The topological polar surface area (TPSA) is 95.5 Å². The van der Waals surface area contributed by atoms with Crippen molar-refractivity contribution in [3.05, 3.63) is 43.7 Å². The summed E-state index contributed by atoms with van der Waals surface area (Å²) in [5.74, 6) is -1.28. The van der Waals surface area contributed by atoms with Crippen LogP contribution in [0, 0.1) is 26.0 Å². The molecule has 0 aromatic heterocycles. The first-order valence-corrected chi connectivity index (χ1v) is 4.67. The number of hydrogen-bond donors (Lipinski definition) is 0. The minimum absolute atomic E-state index is 0.159. The Kier molecular flexibility index (Phi) is 3.91. The van der Waals surface area contributed by atoms with Crippen molar-refractivity contribution in [1.29, 1.82) is 0 Å². The Balaban J connectivity index is 3.30. The predicted molar refractivity (Wildman–Crippen MR) is 54.9 cm³/mol. The van der Waals surface area contributed by atoms with Crippen LogP contribution in [0.25, 0.3) is 0 Å². The van der Waals surface area contributed by atoms with Gasteiger partial charge in [-0.1, -0.05) is 0 Å². The summed E-state index contributed by atoms with van der Waals surface area (Å²) in [6, 6.07) is 2.08. The predicted octanol–water partition coefficient (Wildman–Crippen LogP) is 1.91. The van der Waals surface area contributed by atoms with E-state index >= 15 is 0 Å². The van der Waals surface area contributed by atoms with Crippen LogP contribution in [0.2, 0.25) is 0 Å². The van der Waals surface area contributed by atoms with Crippen molar-refractivity contribution in [3.63, 3.8) is 0 Å². The van der Waals surface area contributed by atoms with Crippen LogP contribution in [0.5, 0.6) is 5.75 Å². The van der Waals surface area contributed by atoms with Crippen LogP contribution in [0.4, 0.5) is 10.1 Å². The Morgan fingerprint density at radius 3 is 2.47 bits per heavy atom. The van der Waals surface area contributed by atoms with Crippen molar-refractivity contribution in [3.8, 4) is 5.75 Å². The summed E-state index contributed by atoms with van der Waals surface area (Å²) in [5, 5.41) is 20.9. The molecule has 8 heteroatoms. The lowest BCUT2D eigenvalue weighted by Crippen LogP contribution is -2.07. The van der Waals surface area contributed by atoms with Gasteiger partial charge < -0.3 is 4.74 Å². The molecule has 0 amide bonds. The summed E-state index contributed by atoms with van der Waals surface area (Å²) in [6.07, 6.45) is 0. The fourth-order valence-corrected chi connectivity index (χ4v) is 1.31. The number of nitrogens with zero attached hydrogens (tertiary/aromatic N) is 2. The normalized spacial score (nSPS) is 10.0. The highest BCUT2D eigenvalue weighted by molar-refractivity contribution is 5.46. The third-order valence-corrected chi connectivity index (χ3v) is 1.97. The van der Waals surface area contributed by atoms with E-state index in [0.29, 0.717) is 0 Å². The van der Waals surface area contributed by atoms with Crippen molar-refractivity contribution in [2.24, 2.45) is 0 Å². The Bertz CT molecular complexity index is 463. The van der Waals surface area contributed by atoms with Gasteiger partial charge in [0, 0.05) is 11.0 Å². The van der Waals surface area contributed by atoms with Gasteiger partial charge in [0.05, 0.1) is 11.5 Å². The number of benzene rings is 1. The molecule has 0 bridgehead atoms. The van der Waals surface area contributed by atoms with E-state index in [-0.39, 0.29) is 12.4 Å². The number of halogens is 1. The van der Waals surface area contributed by atoms with Crippen LogP contribution in [0.15, 0.2) is 12.1 Å². The van der Waals surface area contributed by atoms with Gasteiger partial charge in [0.15, 0.2) is 11.6 Å². The Labute approximate surface area is 95.1 Å². The molecular weight excluding hydrogens is 235 g/mol. The van der Waals surface area contributed by atoms with Gasteiger partial charge in [-0.2, -0.15) is 0 Å². The second kappa shape index (κ2) is 5.19. The van der Waals surface area contributed by atoms with Crippen LogP contribution in [-0.4, -0.2) is 16.5 Å². The minimum Gasteiger partial charge on any atom is -0.491 e. The third-order valence-electron chi connectivity index (χ3n) is 1.97. The Morgan fingerprint density at radius 2 is 2.00 bits per heavy atom. The molecule has 1 aromatic carbocycles. The SMILES string of the molecule is CCOc1ccc([N+](=O)[O-])c(C[N+](=O)[O-])c1F. The summed E-state index contributed by atoms with van der Waals surface area (Å²) in [4.78, 5) is 19.2. The summed E-state index contributed by atoms with van der Waals surface area (Å²) in [5.41, 5.74) is -1.20. The van der Waals surface area contributed by atoms with E-state index in [9.17, 15) is 24.6 Å². The quantitative estimate of drug-likeness (QED) is 0.582. The average Bonchev–Trinajstić information content (AvgIpc) is 2.23. The molecule has 0 aliphatic heterocycles. The van der Waals surface area contributed by atoms with Crippen LogP contribution in [0.3, 0.4) is 0 Å². The number of rotatable bonds is 5. The largest absolute Gasteiger partial charge is 0.491 e. The molecule has 0 fully saturated rings. The van der Waals surface area contributed by atoms with E-state index in [1.54, 1.807) is 6.92 Å². The van der Waals surface area contributed by atoms with Crippen LogP contribution in [-0.2, 0) is 6.54 Å². The molecule has 0 saturated carbocycles. The highest BCUT2D eigenvalue weighted by Crippen LogP contribution is 2.29. The zero-order chi connectivity index (χ0) is 13.0. The second-order valence-corrected chi connectivity index (χ2v) is 3.06. The number of hydrogen-bond acceptors (Lipinski definition) is 5. The summed E-state index contributed by atoms with van der Waals surface area (Å²) in [7, 11) is 0. The van der Waals surface area contributed by atoms with Gasteiger partial charge in [-0.25, -0.2) is 4.39 Å². The maximum Gasteiger partial charge on any atom is 0.282 e.